The highest BCUT2D eigenvalue weighted by atomic mass is 16.5. The Bertz CT molecular complexity index is 1110. The molecule has 2 N–H and O–H groups in total. The van der Waals surface area contributed by atoms with Crippen molar-refractivity contribution in [1.82, 2.24) is 9.97 Å². The van der Waals surface area contributed by atoms with Crippen molar-refractivity contribution in [2.45, 2.75) is 12.8 Å². The zero-order valence-corrected chi connectivity index (χ0v) is 16.7. The van der Waals surface area contributed by atoms with E-state index in [1.165, 1.54) is 6.20 Å². The third-order valence-corrected chi connectivity index (χ3v) is 5.25. The zero-order chi connectivity index (χ0) is 21.2. The summed E-state index contributed by atoms with van der Waals surface area (Å²) in [5.41, 5.74) is 1.69. The van der Waals surface area contributed by atoms with Gasteiger partial charge in [0.05, 0.1) is 24.0 Å². The van der Waals surface area contributed by atoms with E-state index in [0.29, 0.717) is 46.7 Å². The van der Waals surface area contributed by atoms with Crippen LogP contribution in [0.2, 0.25) is 0 Å². The number of carbonyl (C=O) groups excluding carboxylic acids is 2. The lowest BCUT2D eigenvalue weighted by molar-refractivity contribution is -0.117. The summed E-state index contributed by atoms with van der Waals surface area (Å²) in [6.45, 7) is 0.907. The normalized spacial score (nSPS) is 15.1. The largest absolute Gasteiger partial charge is 0.456 e. The molecule has 2 aliphatic rings. The van der Waals surface area contributed by atoms with Crippen molar-refractivity contribution < 1.29 is 14.3 Å². The maximum absolute atomic E-state index is 12.8. The molecular weight excluding hydrogens is 394 g/mol. The van der Waals surface area contributed by atoms with Gasteiger partial charge in [-0.3, -0.25) is 14.6 Å². The lowest BCUT2D eigenvalue weighted by Crippen LogP contribution is -2.41. The van der Waals surface area contributed by atoms with E-state index in [-0.39, 0.29) is 18.4 Å². The van der Waals surface area contributed by atoms with E-state index < -0.39 is 0 Å². The number of aromatic nitrogens is 2. The molecule has 3 aromatic rings. The maximum Gasteiger partial charge on any atom is 0.257 e. The van der Waals surface area contributed by atoms with Gasteiger partial charge in [0.15, 0.2) is 0 Å². The van der Waals surface area contributed by atoms with Gasteiger partial charge in [-0.1, -0.05) is 0 Å². The van der Waals surface area contributed by atoms with E-state index in [1.54, 1.807) is 53.7 Å². The predicted octanol–water partition coefficient (Wildman–Crippen LogP) is 3.69. The minimum Gasteiger partial charge on any atom is -0.456 e. The Labute approximate surface area is 179 Å². The lowest BCUT2D eigenvalue weighted by Gasteiger charge is -2.29. The summed E-state index contributed by atoms with van der Waals surface area (Å²) in [5.74, 6) is 2.16. The number of carbonyl (C=O) groups is 2. The summed E-state index contributed by atoms with van der Waals surface area (Å²) in [6.07, 6.45) is 7.11. The molecule has 0 saturated heterocycles. The molecule has 1 saturated carbocycles. The Morgan fingerprint density at radius 2 is 2.00 bits per heavy atom. The van der Waals surface area contributed by atoms with Crippen molar-refractivity contribution in [3.63, 3.8) is 0 Å². The smallest absolute Gasteiger partial charge is 0.257 e. The monoisotopic (exact) mass is 415 g/mol. The third kappa shape index (κ3) is 4.32. The van der Waals surface area contributed by atoms with Crippen molar-refractivity contribution >= 4 is 29.0 Å². The fourth-order valence-corrected chi connectivity index (χ4v) is 3.42. The fourth-order valence-electron chi connectivity index (χ4n) is 3.42. The van der Waals surface area contributed by atoms with Crippen molar-refractivity contribution in [2.75, 3.05) is 28.6 Å². The van der Waals surface area contributed by atoms with Gasteiger partial charge in [-0.25, -0.2) is 4.98 Å². The number of hydrogen-bond acceptors (Lipinski definition) is 6. The van der Waals surface area contributed by atoms with Gasteiger partial charge in [0.1, 0.15) is 17.3 Å². The van der Waals surface area contributed by atoms with Crippen LogP contribution in [-0.2, 0) is 4.79 Å². The number of ether oxygens (including phenoxy) is 1. The molecule has 8 heteroatoms. The number of benzene rings is 1. The summed E-state index contributed by atoms with van der Waals surface area (Å²) in [6, 6.07) is 12.4. The van der Waals surface area contributed by atoms with Crippen molar-refractivity contribution in [3.05, 3.63) is 66.6 Å². The Morgan fingerprint density at radius 1 is 1.16 bits per heavy atom. The molecule has 2 amide bonds. The molecule has 0 spiro atoms. The molecule has 1 aromatic carbocycles. The van der Waals surface area contributed by atoms with Gasteiger partial charge in [-0.15, -0.1) is 0 Å². The highest BCUT2D eigenvalue weighted by Gasteiger charge is 2.32. The van der Waals surface area contributed by atoms with Crippen LogP contribution >= 0.6 is 0 Å². The van der Waals surface area contributed by atoms with Crippen molar-refractivity contribution in [1.29, 1.82) is 0 Å². The molecule has 1 aliphatic heterocycles. The average molecular weight is 415 g/mol. The first kappa shape index (κ1) is 19.0. The van der Waals surface area contributed by atoms with Gasteiger partial charge in [0.2, 0.25) is 5.91 Å². The third-order valence-electron chi connectivity index (χ3n) is 5.25. The van der Waals surface area contributed by atoms with E-state index >= 15 is 0 Å². The second-order valence-corrected chi connectivity index (χ2v) is 7.66. The molecule has 1 aliphatic carbocycles. The summed E-state index contributed by atoms with van der Waals surface area (Å²) in [5, 5.41) is 5.89. The number of nitrogens with zero attached hydrogens (tertiary/aromatic N) is 3. The highest BCUT2D eigenvalue weighted by Crippen LogP contribution is 2.35. The molecule has 2 aromatic heterocycles. The van der Waals surface area contributed by atoms with E-state index in [9.17, 15) is 9.59 Å². The molecule has 5 rings (SSSR count). The van der Waals surface area contributed by atoms with Crippen LogP contribution in [0.4, 0.5) is 17.2 Å². The molecule has 0 radical (unpaired) electrons. The minimum atomic E-state index is -0.291. The van der Waals surface area contributed by atoms with Crippen LogP contribution in [0, 0.1) is 5.92 Å². The molecule has 1 fully saturated rings. The van der Waals surface area contributed by atoms with E-state index in [0.717, 1.165) is 12.8 Å². The van der Waals surface area contributed by atoms with E-state index in [4.69, 9.17) is 4.74 Å². The number of amides is 2. The van der Waals surface area contributed by atoms with Crippen LogP contribution in [0.25, 0.3) is 0 Å². The number of hydrogen-bond donors (Lipinski definition) is 2. The van der Waals surface area contributed by atoms with Gasteiger partial charge in [0.25, 0.3) is 5.91 Å². The second kappa shape index (κ2) is 8.06. The highest BCUT2D eigenvalue weighted by molar-refractivity contribution is 6.07. The van der Waals surface area contributed by atoms with E-state index in [1.807, 2.05) is 6.07 Å². The van der Waals surface area contributed by atoms with Crippen LogP contribution < -0.4 is 20.3 Å². The molecule has 0 bridgehead atoms. The topological polar surface area (TPSA) is 96.4 Å². The van der Waals surface area contributed by atoms with Gasteiger partial charge < -0.3 is 20.3 Å². The van der Waals surface area contributed by atoms with Gasteiger partial charge >= 0.3 is 0 Å². The summed E-state index contributed by atoms with van der Waals surface area (Å²) >= 11 is 0. The number of nitrogens with one attached hydrogen (secondary N) is 2. The Morgan fingerprint density at radius 3 is 2.74 bits per heavy atom. The first-order valence-corrected chi connectivity index (χ1v) is 10.2. The molecule has 0 atom stereocenters. The average Bonchev–Trinajstić information content (AvgIpc) is 3.62. The first-order chi connectivity index (χ1) is 15.2. The van der Waals surface area contributed by atoms with Gasteiger partial charge in [-0.2, -0.15) is 0 Å². The van der Waals surface area contributed by atoms with Crippen LogP contribution in [0.5, 0.6) is 11.5 Å². The molecule has 0 unspecified atom stereocenters. The number of anilines is 3. The SMILES string of the molecule is O=C(Nc1ccc(Oc2cccnc2)cc1)c1cnc2c(c1)N(CC1CC1)C(=O)CN2. The molecule has 8 nitrogen and oxygen atoms in total. The quantitative estimate of drug-likeness (QED) is 0.637. The molecular formula is C23H21N5O3. The van der Waals surface area contributed by atoms with Crippen molar-refractivity contribution in [2.24, 2.45) is 5.92 Å². The number of fused-ring (bicyclic) bond motifs is 1. The van der Waals surface area contributed by atoms with E-state index in [2.05, 4.69) is 20.6 Å². The van der Waals surface area contributed by atoms with Crippen LogP contribution in [-0.4, -0.2) is 34.9 Å². The number of rotatable bonds is 6. The second-order valence-electron chi connectivity index (χ2n) is 7.66. The maximum atomic E-state index is 12.8. The minimum absolute atomic E-state index is 0.00274. The zero-order valence-electron chi connectivity index (χ0n) is 16.7. The number of pyridine rings is 2. The Hall–Kier alpha value is -3.94. The standard InChI is InChI=1S/C23H21N5O3/c29-21-13-26-22-20(28(21)14-15-3-4-15)10-16(11-25-22)23(30)27-17-5-7-18(8-6-17)31-19-2-1-9-24-12-19/h1-2,5-12,15H,3-4,13-14H2,(H,25,26)(H,27,30). The van der Waals surface area contributed by atoms with Crippen LogP contribution in [0.15, 0.2) is 61.1 Å². The summed E-state index contributed by atoms with van der Waals surface area (Å²) in [4.78, 5) is 35.3. The van der Waals surface area contributed by atoms with Crippen LogP contribution in [0.1, 0.15) is 23.2 Å². The van der Waals surface area contributed by atoms with Gasteiger partial charge in [-0.05, 0) is 61.2 Å². The van der Waals surface area contributed by atoms with Crippen molar-refractivity contribution in [3.8, 4) is 11.5 Å². The first-order valence-electron chi connectivity index (χ1n) is 10.2. The summed E-state index contributed by atoms with van der Waals surface area (Å²) < 4.78 is 5.71. The van der Waals surface area contributed by atoms with Gasteiger partial charge in [0, 0.05) is 24.6 Å². The lowest BCUT2D eigenvalue weighted by atomic mass is 10.1. The summed E-state index contributed by atoms with van der Waals surface area (Å²) in [7, 11) is 0. The molecule has 3 heterocycles. The fraction of sp³-hybridized carbons (Fsp3) is 0.217. The molecule has 31 heavy (non-hydrogen) atoms. The molecule has 156 valence electrons. The Balaban J connectivity index is 1.29. The Kier molecular flexibility index (Phi) is 4.95. The van der Waals surface area contributed by atoms with Crippen LogP contribution in [0.3, 0.4) is 0 Å². The predicted molar refractivity (Wildman–Crippen MR) is 117 cm³/mol.